The van der Waals surface area contributed by atoms with Gasteiger partial charge in [0.1, 0.15) is 17.8 Å². The Kier molecular flexibility index (Phi) is 7.19. The average Bonchev–Trinajstić information content (AvgIpc) is 2.61. The van der Waals surface area contributed by atoms with Gasteiger partial charge < -0.3 is 14.5 Å². The van der Waals surface area contributed by atoms with Crippen LogP contribution in [0.15, 0.2) is 39.5 Å². The zero-order chi connectivity index (χ0) is 18.1. The van der Waals surface area contributed by atoms with Crippen LogP contribution in [-0.4, -0.2) is 25.0 Å². The van der Waals surface area contributed by atoms with Crippen molar-refractivity contribution in [3.05, 3.63) is 46.3 Å². The number of unbranched alkanes of at least 4 members (excludes halogenated alkanes) is 3. The maximum absolute atomic E-state index is 12.0. The second-order valence-electron chi connectivity index (χ2n) is 5.78. The summed E-state index contributed by atoms with van der Waals surface area (Å²) >= 11 is 0. The van der Waals surface area contributed by atoms with Crippen molar-refractivity contribution in [2.75, 3.05) is 13.2 Å². The molecule has 0 radical (unpaired) electrons. The summed E-state index contributed by atoms with van der Waals surface area (Å²) in [4.78, 5) is 35.5. The maximum atomic E-state index is 12.0. The lowest BCUT2D eigenvalue weighted by atomic mass is 10.1. The molecule has 1 N–H and O–H groups in total. The van der Waals surface area contributed by atoms with Crippen molar-refractivity contribution in [1.29, 1.82) is 0 Å². The van der Waals surface area contributed by atoms with Crippen molar-refractivity contribution in [2.24, 2.45) is 0 Å². The molecule has 1 aromatic heterocycles. The first-order valence-electron chi connectivity index (χ1n) is 8.58. The highest BCUT2D eigenvalue weighted by Crippen LogP contribution is 2.13. The molecule has 1 amide bonds. The van der Waals surface area contributed by atoms with Crippen molar-refractivity contribution in [3.8, 4) is 0 Å². The predicted octanol–water partition coefficient (Wildman–Crippen LogP) is 3.04. The van der Waals surface area contributed by atoms with E-state index in [1.807, 2.05) is 0 Å². The Hall–Kier alpha value is -2.63. The number of esters is 1. The number of hydrogen-bond acceptors (Lipinski definition) is 5. The van der Waals surface area contributed by atoms with E-state index in [0.717, 1.165) is 25.7 Å². The molecule has 2 aromatic rings. The van der Waals surface area contributed by atoms with Crippen LogP contribution in [-0.2, 0) is 9.53 Å². The number of carbonyl (C=O) groups is 2. The molecule has 134 valence electrons. The second-order valence-corrected chi connectivity index (χ2v) is 5.78. The van der Waals surface area contributed by atoms with Crippen LogP contribution in [0.1, 0.15) is 49.4 Å². The summed E-state index contributed by atoms with van der Waals surface area (Å²) in [5, 5.41) is 3.34. The Balaban J connectivity index is 1.78. The second kappa shape index (κ2) is 9.61. The average molecular weight is 345 g/mol. The first-order chi connectivity index (χ1) is 12.1. The molecule has 1 heterocycles. The number of amides is 1. The summed E-state index contributed by atoms with van der Waals surface area (Å²) in [5.41, 5.74) is -0.465. The van der Waals surface area contributed by atoms with Gasteiger partial charge in [-0.3, -0.25) is 4.79 Å². The Bertz CT molecular complexity index is 781. The Labute approximate surface area is 146 Å². The van der Waals surface area contributed by atoms with E-state index in [1.54, 1.807) is 24.3 Å². The molecule has 0 saturated heterocycles. The number of hydrogen-bond donors (Lipinski definition) is 1. The number of rotatable bonds is 9. The van der Waals surface area contributed by atoms with Crippen molar-refractivity contribution < 1.29 is 18.7 Å². The Morgan fingerprint density at radius 1 is 1.16 bits per heavy atom. The van der Waals surface area contributed by atoms with Crippen LogP contribution in [0.5, 0.6) is 0 Å². The minimum atomic E-state index is -0.753. The van der Waals surface area contributed by atoms with Crippen LogP contribution in [0, 0.1) is 0 Å². The molecule has 6 heteroatoms. The largest absolute Gasteiger partial charge is 0.460 e. The van der Waals surface area contributed by atoms with E-state index in [2.05, 4.69) is 12.2 Å². The zero-order valence-corrected chi connectivity index (χ0v) is 14.4. The van der Waals surface area contributed by atoms with Crippen molar-refractivity contribution in [1.82, 2.24) is 5.32 Å². The quantitative estimate of drug-likeness (QED) is 0.429. The smallest absolute Gasteiger partial charge is 0.351 e. The number of benzene rings is 1. The van der Waals surface area contributed by atoms with E-state index in [0.29, 0.717) is 17.4 Å². The molecule has 1 aromatic carbocycles. The summed E-state index contributed by atoms with van der Waals surface area (Å²) in [6.07, 6.45) is 4.62. The highest BCUT2D eigenvalue weighted by atomic mass is 16.5. The molecule has 0 aliphatic heterocycles. The number of carbonyl (C=O) groups excluding carboxylic acids is 2. The third kappa shape index (κ3) is 5.74. The molecule has 25 heavy (non-hydrogen) atoms. The first-order valence-corrected chi connectivity index (χ1v) is 8.58. The van der Waals surface area contributed by atoms with Gasteiger partial charge in [-0.15, -0.1) is 0 Å². The molecular weight excluding hydrogens is 322 g/mol. The molecule has 0 aliphatic rings. The van der Waals surface area contributed by atoms with Crippen LogP contribution in [0.25, 0.3) is 11.0 Å². The van der Waals surface area contributed by atoms with Crippen LogP contribution in [0.3, 0.4) is 0 Å². The summed E-state index contributed by atoms with van der Waals surface area (Å²) in [6, 6.07) is 8.38. The number of ether oxygens (including phenoxy) is 1. The van der Waals surface area contributed by atoms with Crippen LogP contribution in [0.2, 0.25) is 0 Å². The van der Waals surface area contributed by atoms with E-state index in [4.69, 9.17) is 9.15 Å². The van der Waals surface area contributed by atoms with E-state index >= 15 is 0 Å². The van der Waals surface area contributed by atoms with Gasteiger partial charge in [0.15, 0.2) is 0 Å². The van der Waals surface area contributed by atoms with Gasteiger partial charge in [-0.05, 0) is 18.6 Å². The number of para-hydroxylation sites is 1. The monoisotopic (exact) mass is 345 g/mol. The molecule has 0 saturated carbocycles. The molecule has 2 rings (SSSR count). The van der Waals surface area contributed by atoms with Gasteiger partial charge in [-0.1, -0.05) is 44.4 Å². The van der Waals surface area contributed by atoms with Crippen molar-refractivity contribution in [3.63, 3.8) is 0 Å². The fraction of sp³-hybridized carbons (Fsp3) is 0.421. The third-order valence-corrected chi connectivity index (χ3v) is 3.78. The normalized spacial score (nSPS) is 10.6. The van der Waals surface area contributed by atoms with Crippen LogP contribution < -0.4 is 10.9 Å². The summed E-state index contributed by atoms with van der Waals surface area (Å²) in [5.74, 6) is -0.811. The molecule has 0 aliphatic carbocycles. The van der Waals surface area contributed by atoms with E-state index in [1.165, 1.54) is 6.07 Å². The van der Waals surface area contributed by atoms with E-state index in [9.17, 15) is 14.4 Å². The lowest BCUT2D eigenvalue weighted by Gasteiger charge is -2.07. The molecule has 0 spiro atoms. The summed E-state index contributed by atoms with van der Waals surface area (Å²) < 4.78 is 10.1. The lowest BCUT2D eigenvalue weighted by molar-refractivity contribution is -0.121. The van der Waals surface area contributed by atoms with Gasteiger partial charge in [0.2, 0.25) is 5.91 Å². The minimum absolute atomic E-state index is 0.00575. The third-order valence-electron chi connectivity index (χ3n) is 3.78. The minimum Gasteiger partial charge on any atom is -0.460 e. The fourth-order valence-electron chi connectivity index (χ4n) is 2.42. The standard InChI is InChI=1S/C19H23NO5/c1-2-3-4-5-10-17(21)20-11-12-24-18(22)15-13-14-8-6-7-9-16(14)25-19(15)23/h6-9,13H,2-5,10-12H2,1H3,(H,20,21). The van der Waals surface area contributed by atoms with Gasteiger partial charge in [0, 0.05) is 11.8 Å². The molecule has 0 atom stereocenters. The van der Waals surface area contributed by atoms with Gasteiger partial charge in [-0.25, -0.2) is 9.59 Å². The summed E-state index contributed by atoms with van der Waals surface area (Å²) in [7, 11) is 0. The molecule has 6 nitrogen and oxygen atoms in total. The van der Waals surface area contributed by atoms with Gasteiger partial charge in [-0.2, -0.15) is 0 Å². The Morgan fingerprint density at radius 3 is 2.76 bits per heavy atom. The molecule has 0 fully saturated rings. The molecular formula is C19H23NO5. The van der Waals surface area contributed by atoms with Crippen LogP contribution in [0.4, 0.5) is 0 Å². The molecule has 0 unspecified atom stereocenters. The zero-order valence-electron chi connectivity index (χ0n) is 14.4. The fourth-order valence-corrected chi connectivity index (χ4v) is 2.42. The van der Waals surface area contributed by atoms with Crippen LogP contribution >= 0.6 is 0 Å². The Morgan fingerprint density at radius 2 is 1.96 bits per heavy atom. The topological polar surface area (TPSA) is 85.6 Å². The molecule has 0 bridgehead atoms. The summed E-state index contributed by atoms with van der Waals surface area (Å²) in [6.45, 7) is 2.34. The predicted molar refractivity (Wildman–Crippen MR) is 94.5 cm³/mol. The lowest BCUT2D eigenvalue weighted by Crippen LogP contribution is -2.28. The van der Waals surface area contributed by atoms with Gasteiger partial charge in [0.05, 0.1) is 6.54 Å². The number of fused-ring (bicyclic) bond motifs is 1. The first kappa shape index (κ1) is 18.7. The van der Waals surface area contributed by atoms with Gasteiger partial charge >= 0.3 is 11.6 Å². The SMILES string of the molecule is CCCCCCC(=O)NCCOC(=O)c1cc2ccccc2oc1=O. The van der Waals surface area contributed by atoms with E-state index < -0.39 is 11.6 Å². The highest BCUT2D eigenvalue weighted by molar-refractivity contribution is 5.92. The number of nitrogens with one attached hydrogen (secondary N) is 1. The maximum Gasteiger partial charge on any atom is 0.351 e. The highest BCUT2D eigenvalue weighted by Gasteiger charge is 2.15. The van der Waals surface area contributed by atoms with Gasteiger partial charge in [0.25, 0.3) is 0 Å². The van der Waals surface area contributed by atoms with Crippen molar-refractivity contribution in [2.45, 2.75) is 39.0 Å². The van der Waals surface area contributed by atoms with Crippen molar-refractivity contribution >= 4 is 22.8 Å². The van der Waals surface area contributed by atoms with E-state index in [-0.39, 0.29) is 24.6 Å².